The summed E-state index contributed by atoms with van der Waals surface area (Å²) < 4.78 is 0. The molecule has 0 unspecified atom stereocenters. The smallest absolute Gasteiger partial charge is 0.245 e. The summed E-state index contributed by atoms with van der Waals surface area (Å²) in [6.07, 6.45) is 30.9. The second kappa shape index (κ2) is 29.2. The number of rotatable bonds is 20. The molecule has 0 atom stereocenters. The molecule has 0 aromatic carbocycles. The van der Waals surface area contributed by atoms with Crippen molar-refractivity contribution in [3.05, 3.63) is 5.53 Å². The standard InChI is InChI=1S/C23H48.CH2N2/c1-3-5-7-9-11-13-15-17-19-21-23-22-20-18-16-14-12-10-8-6-4-2;1-3-2/h3-23H2,1-2H3;1H2. The summed E-state index contributed by atoms with van der Waals surface area (Å²) in [5.41, 5.74) is 7.08. The average molecular weight is 367 g/mol. The molecular formula is C24H50N2. The van der Waals surface area contributed by atoms with Crippen molar-refractivity contribution in [1.29, 1.82) is 0 Å². The van der Waals surface area contributed by atoms with Crippen LogP contribution in [0.3, 0.4) is 0 Å². The van der Waals surface area contributed by atoms with Crippen LogP contribution in [0.1, 0.15) is 149 Å². The fourth-order valence-electron chi connectivity index (χ4n) is 3.51. The Kier molecular flexibility index (Phi) is 30.9. The van der Waals surface area contributed by atoms with Gasteiger partial charge in [0, 0.05) is 0 Å². The summed E-state index contributed by atoms with van der Waals surface area (Å²) in [6.45, 7) is 7.27. The van der Waals surface area contributed by atoms with E-state index >= 15 is 0 Å². The minimum atomic E-state index is 1.37. The van der Waals surface area contributed by atoms with Crippen LogP contribution in [0.2, 0.25) is 0 Å². The second-order valence-electron chi connectivity index (χ2n) is 7.86. The summed E-state index contributed by atoms with van der Waals surface area (Å²) in [4.78, 5) is 2.25. The highest BCUT2D eigenvalue weighted by molar-refractivity contribution is 5.12. The minimum Gasteiger partial charge on any atom is -0.362 e. The first-order chi connectivity index (χ1) is 12.8. The van der Waals surface area contributed by atoms with Crippen molar-refractivity contribution < 1.29 is 4.79 Å². The van der Waals surface area contributed by atoms with Crippen LogP contribution >= 0.6 is 0 Å². The van der Waals surface area contributed by atoms with Crippen molar-refractivity contribution in [3.63, 3.8) is 0 Å². The maximum Gasteiger partial charge on any atom is 0.245 e. The van der Waals surface area contributed by atoms with Gasteiger partial charge in [-0.1, -0.05) is 149 Å². The van der Waals surface area contributed by atoms with Crippen LogP contribution in [-0.4, -0.2) is 11.5 Å². The fourth-order valence-corrected chi connectivity index (χ4v) is 3.51. The molecule has 0 saturated heterocycles. The summed E-state index contributed by atoms with van der Waals surface area (Å²) in [5, 5.41) is 0. The highest BCUT2D eigenvalue weighted by Crippen LogP contribution is 2.14. The van der Waals surface area contributed by atoms with Crippen LogP contribution in [0.5, 0.6) is 0 Å². The molecule has 156 valence electrons. The van der Waals surface area contributed by atoms with Gasteiger partial charge in [-0.25, -0.2) is 0 Å². The zero-order chi connectivity index (χ0) is 19.6. The minimum absolute atomic E-state index is 1.37. The van der Waals surface area contributed by atoms with E-state index in [4.69, 9.17) is 5.53 Å². The zero-order valence-corrected chi connectivity index (χ0v) is 18.5. The highest BCUT2D eigenvalue weighted by atomic mass is 14.8. The molecule has 0 rings (SSSR count). The van der Waals surface area contributed by atoms with E-state index in [0.717, 1.165) is 0 Å². The Morgan fingerprint density at radius 2 is 0.538 bits per heavy atom. The van der Waals surface area contributed by atoms with E-state index in [0.29, 0.717) is 0 Å². The molecule has 0 aromatic heterocycles. The molecule has 0 aromatic rings. The van der Waals surface area contributed by atoms with Gasteiger partial charge in [0.05, 0.1) is 0 Å². The maximum absolute atomic E-state index is 7.08. The lowest BCUT2D eigenvalue weighted by Gasteiger charge is -2.04. The Balaban J connectivity index is 0. The molecule has 2 nitrogen and oxygen atoms in total. The van der Waals surface area contributed by atoms with Crippen LogP contribution in [-0.2, 0) is 0 Å². The molecule has 0 heterocycles. The van der Waals surface area contributed by atoms with E-state index in [2.05, 4.69) is 25.4 Å². The Morgan fingerprint density at radius 3 is 0.654 bits per heavy atom. The van der Waals surface area contributed by atoms with Crippen molar-refractivity contribution in [3.8, 4) is 0 Å². The van der Waals surface area contributed by atoms with Gasteiger partial charge in [-0.05, 0) is 0 Å². The Morgan fingerprint density at radius 1 is 0.423 bits per heavy atom. The molecule has 2 heteroatoms. The van der Waals surface area contributed by atoms with Gasteiger partial charge in [-0.2, -0.15) is 4.79 Å². The van der Waals surface area contributed by atoms with Gasteiger partial charge < -0.3 is 5.53 Å². The lowest BCUT2D eigenvalue weighted by Crippen LogP contribution is -1.84. The van der Waals surface area contributed by atoms with Gasteiger partial charge in [0.1, 0.15) is 0 Å². The molecule has 26 heavy (non-hydrogen) atoms. The molecule has 0 aliphatic heterocycles. The first kappa shape index (κ1) is 27.6. The van der Waals surface area contributed by atoms with Gasteiger partial charge in [-0.3, -0.25) is 0 Å². The summed E-state index contributed by atoms with van der Waals surface area (Å²) in [5.74, 6) is 0. The third kappa shape index (κ3) is 31.2. The van der Waals surface area contributed by atoms with E-state index < -0.39 is 0 Å². The lowest BCUT2D eigenvalue weighted by molar-refractivity contribution is 0.0110. The van der Waals surface area contributed by atoms with E-state index in [1.165, 1.54) is 135 Å². The van der Waals surface area contributed by atoms with E-state index in [-0.39, 0.29) is 0 Å². The average Bonchev–Trinajstić information content (AvgIpc) is 2.64. The maximum atomic E-state index is 7.08. The molecule has 0 bridgehead atoms. The van der Waals surface area contributed by atoms with E-state index in [1.54, 1.807) is 0 Å². The predicted octanol–water partition coefficient (Wildman–Crippen LogP) is 9.14. The fraction of sp³-hybridized carbons (Fsp3) is 0.958. The van der Waals surface area contributed by atoms with E-state index in [1.807, 2.05) is 0 Å². The van der Waals surface area contributed by atoms with Crippen LogP contribution in [0.4, 0.5) is 0 Å². The molecule has 0 spiro atoms. The van der Waals surface area contributed by atoms with Gasteiger partial charge in [-0.15, -0.1) is 0 Å². The number of unbranched alkanes of at least 4 members (excludes halogenated alkanes) is 20. The molecule has 0 N–H and O–H groups in total. The molecule has 0 radical (unpaired) electrons. The Hall–Kier alpha value is -0.620. The lowest BCUT2D eigenvalue weighted by atomic mass is 10.0. The zero-order valence-electron chi connectivity index (χ0n) is 18.5. The van der Waals surface area contributed by atoms with Crippen molar-refractivity contribution in [1.82, 2.24) is 0 Å². The second-order valence-corrected chi connectivity index (χ2v) is 7.86. The highest BCUT2D eigenvalue weighted by Gasteiger charge is 1.95. The van der Waals surface area contributed by atoms with Crippen molar-refractivity contribution in [2.75, 3.05) is 0 Å². The number of hydrogen-bond donors (Lipinski definition) is 0. The molecule has 0 saturated carbocycles. The van der Waals surface area contributed by atoms with Crippen LogP contribution in [0, 0.1) is 0 Å². The molecule has 0 aliphatic carbocycles. The summed E-state index contributed by atoms with van der Waals surface area (Å²) in [7, 11) is 0. The van der Waals surface area contributed by atoms with Gasteiger partial charge >= 0.3 is 0 Å². The molecular weight excluding hydrogens is 316 g/mol. The summed E-state index contributed by atoms with van der Waals surface area (Å²) >= 11 is 0. The Labute approximate surface area is 166 Å². The van der Waals surface area contributed by atoms with Crippen LogP contribution in [0.25, 0.3) is 5.53 Å². The predicted molar refractivity (Wildman–Crippen MR) is 119 cm³/mol. The van der Waals surface area contributed by atoms with Gasteiger partial charge in [0.2, 0.25) is 6.72 Å². The van der Waals surface area contributed by atoms with Gasteiger partial charge in [0.25, 0.3) is 0 Å². The third-order valence-electron chi connectivity index (χ3n) is 5.21. The SMILES string of the molecule is C=[N+]=[N-].CCCCCCCCCCCCCCCCCCCCCCC. The summed E-state index contributed by atoms with van der Waals surface area (Å²) in [6, 6.07) is 0. The first-order valence-corrected chi connectivity index (χ1v) is 11.9. The monoisotopic (exact) mass is 366 g/mol. The largest absolute Gasteiger partial charge is 0.362 e. The first-order valence-electron chi connectivity index (χ1n) is 11.9. The van der Waals surface area contributed by atoms with Crippen molar-refractivity contribution in [2.45, 2.75) is 149 Å². The third-order valence-corrected chi connectivity index (χ3v) is 5.21. The Bertz CT molecular complexity index is 237. The quantitative estimate of drug-likeness (QED) is 0.0891. The van der Waals surface area contributed by atoms with Crippen molar-refractivity contribution >= 4 is 6.72 Å². The number of hydrogen-bond acceptors (Lipinski definition) is 0. The normalized spacial score (nSPS) is 10.2. The molecule has 0 fully saturated rings. The molecule has 0 amide bonds. The topological polar surface area (TPSA) is 36.4 Å². The van der Waals surface area contributed by atoms with Crippen molar-refractivity contribution in [2.24, 2.45) is 0 Å². The van der Waals surface area contributed by atoms with Gasteiger partial charge in [0.15, 0.2) is 0 Å². The number of nitrogens with zero attached hydrogens (tertiary/aromatic N) is 2. The van der Waals surface area contributed by atoms with Crippen LogP contribution in [0.15, 0.2) is 0 Å². The van der Waals surface area contributed by atoms with Crippen LogP contribution < -0.4 is 0 Å². The molecule has 0 aliphatic rings. The van der Waals surface area contributed by atoms with E-state index in [9.17, 15) is 0 Å².